The van der Waals surface area contributed by atoms with Gasteiger partial charge in [0, 0.05) is 25.9 Å². The van der Waals surface area contributed by atoms with E-state index in [1.165, 1.54) is 13.2 Å². The number of hydrogen-bond acceptors (Lipinski definition) is 5. The van der Waals surface area contributed by atoms with Gasteiger partial charge in [0.15, 0.2) is 17.2 Å². The number of benzene rings is 1. The molecule has 0 aliphatic rings. The molecule has 0 unspecified atom stereocenters. The van der Waals surface area contributed by atoms with Crippen molar-refractivity contribution in [2.45, 2.75) is 0 Å². The predicted molar refractivity (Wildman–Crippen MR) is 77.8 cm³/mol. The van der Waals surface area contributed by atoms with Crippen LogP contribution in [0, 0.1) is 5.82 Å². The van der Waals surface area contributed by atoms with E-state index >= 15 is 0 Å². The van der Waals surface area contributed by atoms with E-state index < -0.39 is 5.82 Å². The van der Waals surface area contributed by atoms with Crippen molar-refractivity contribution >= 4 is 17.0 Å². The van der Waals surface area contributed by atoms with Crippen LogP contribution in [0.15, 0.2) is 24.4 Å². The first-order valence-corrected chi connectivity index (χ1v) is 6.35. The highest BCUT2D eigenvalue weighted by Crippen LogP contribution is 2.29. The maximum Gasteiger partial charge on any atom is 0.224 e. The van der Waals surface area contributed by atoms with Crippen molar-refractivity contribution in [2.75, 3.05) is 19.5 Å². The molecule has 3 aromatic rings. The summed E-state index contributed by atoms with van der Waals surface area (Å²) >= 11 is 0. The highest BCUT2D eigenvalue weighted by molar-refractivity contribution is 5.91. The van der Waals surface area contributed by atoms with Crippen molar-refractivity contribution in [1.82, 2.24) is 19.7 Å². The number of nitrogens with zero attached hydrogens (tertiary/aromatic N) is 4. The van der Waals surface area contributed by atoms with Crippen LogP contribution in [0.1, 0.15) is 0 Å². The first-order chi connectivity index (χ1) is 10.1. The molecule has 2 heterocycles. The van der Waals surface area contributed by atoms with E-state index in [9.17, 15) is 4.39 Å². The van der Waals surface area contributed by atoms with Gasteiger partial charge in [0.1, 0.15) is 5.69 Å². The fraction of sp³-hybridized carbons (Fsp3) is 0.214. The summed E-state index contributed by atoms with van der Waals surface area (Å²) in [5.41, 5.74) is 1.97. The molecule has 0 spiro atoms. The van der Waals surface area contributed by atoms with Gasteiger partial charge in [0.25, 0.3) is 0 Å². The number of fused-ring (bicyclic) bond motifs is 1. The Balaban J connectivity index is 2.19. The van der Waals surface area contributed by atoms with Crippen LogP contribution < -0.4 is 10.1 Å². The average Bonchev–Trinajstić information content (AvgIpc) is 2.83. The molecule has 0 saturated heterocycles. The number of halogens is 1. The van der Waals surface area contributed by atoms with Gasteiger partial charge in [0.05, 0.1) is 12.5 Å². The summed E-state index contributed by atoms with van der Waals surface area (Å²) in [5.74, 6) is 0.284. The number of methoxy groups -OCH3 is 1. The van der Waals surface area contributed by atoms with Gasteiger partial charge in [-0.2, -0.15) is 10.1 Å². The van der Waals surface area contributed by atoms with Gasteiger partial charge in [-0.15, -0.1) is 0 Å². The van der Waals surface area contributed by atoms with Gasteiger partial charge in [-0.3, -0.25) is 0 Å². The molecule has 0 fully saturated rings. The lowest BCUT2D eigenvalue weighted by Crippen LogP contribution is -1.98. The fourth-order valence-corrected chi connectivity index (χ4v) is 2.19. The van der Waals surface area contributed by atoms with E-state index in [1.807, 2.05) is 0 Å². The SMILES string of the molecule is CNc1ncc2c(-c3ccc(OC)c(F)c3)nn(C)c2n1. The zero-order chi connectivity index (χ0) is 15.0. The van der Waals surface area contributed by atoms with Crippen molar-refractivity contribution in [2.24, 2.45) is 7.05 Å². The second-order valence-electron chi connectivity index (χ2n) is 4.50. The summed E-state index contributed by atoms with van der Waals surface area (Å²) in [6, 6.07) is 4.73. The second-order valence-corrected chi connectivity index (χ2v) is 4.50. The smallest absolute Gasteiger partial charge is 0.224 e. The maximum absolute atomic E-state index is 13.9. The van der Waals surface area contributed by atoms with E-state index in [0.717, 1.165) is 5.39 Å². The zero-order valence-corrected chi connectivity index (χ0v) is 11.9. The molecule has 0 saturated carbocycles. The van der Waals surface area contributed by atoms with Gasteiger partial charge in [-0.25, -0.2) is 14.1 Å². The molecular formula is C14H14FN5O. The number of anilines is 1. The molecule has 0 atom stereocenters. The first kappa shape index (κ1) is 13.3. The summed E-state index contributed by atoms with van der Waals surface area (Å²) in [4.78, 5) is 8.54. The van der Waals surface area contributed by atoms with Crippen molar-refractivity contribution in [1.29, 1.82) is 0 Å². The molecule has 0 aliphatic heterocycles. The minimum Gasteiger partial charge on any atom is -0.494 e. The molecule has 0 radical (unpaired) electrons. The summed E-state index contributed by atoms with van der Waals surface area (Å²) in [5, 5.41) is 8.06. The van der Waals surface area contributed by atoms with E-state index in [-0.39, 0.29) is 5.75 Å². The van der Waals surface area contributed by atoms with E-state index in [2.05, 4.69) is 20.4 Å². The Kier molecular flexibility index (Phi) is 3.17. The number of aromatic nitrogens is 4. The summed E-state index contributed by atoms with van der Waals surface area (Å²) < 4.78 is 20.4. The van der Waals surface area contributed by atoms with Crippen molar-refractivity contribution in [3.05, 3.63) is 30.2 Å². The Morgan fingerprint density at radius 2 is 2.14 bits per heavy atom. The van der Waals surface area contributed by atoms with Gasteiger partial charge < -0.3 is 10.1 Å². The lowest BCUT2D eigenvalue weighted by atomic mass is 10.1. The van der Waals surface area contributed by atoms with Crippen LogP contribution in [0.4, 0.5) is 10.3 Å². The number of hydrogen-bond donors (Lipinski definition) is 1. The van der Waals surface area contributed by atoms with E-state index in [1.54, 1.807) is 37.1 Å². The van der Waals surface area contributed by atoms with Crippen LogP contribution in [0.25, 0.3) is 22.3 Å². The van der Waals surface area contributed by atoms with Gasteiger partial charge in [0.2, 0.25) is 5.95 Å². The third-order valence-corrected chi connectivity index (χ3v) is 3.23. The molecule has 1 aromatic carbocycles. The highest BCUT2D eigenvalue weighted by Gasteiger charge is 2.14. The Morgan fingerprint density at radius 1 is 1.33 bits per heavy atom. The zero-order valence-electron chi connectivity index (χ0n) is 11.9. The molecule has 0 bridgehead atoms. The van der Waals surface area contributed by atoms with Crippen LogP contribution in [-0.2, 0) is 7.05 Å². The maximum atomic E-state index is 13.9. The normalized spacial score (nSPS) is 10.9. The second kappa shape index (κ2) is 5.01. The highest BCUT2D eigenvalue weighted by atomic mass is 19.1. The van der Waals surface area contributed by atoms with Crippen molar-refractivity contribution in [3.63, 3.8) is 0 Å². The molecule has 1 N–H and O–H groups in total. The third kappa shape index (κ3) is 2.16. The monoisotopic (exact) mass is 287 g/mol. The average molecular weight is 287 g/mol. The largest absolute Gasteiger partial charge is 0.494 e. The Hall–Kier alpha value is -2.70. The Bertz CT molecular complexity index is 814. The summed E-state index contributed by atoms with van der Waals surface area (Å²) in [7, 11) is 4.97. The molecule has 21 heavy (non-hydrogen) atoms. The van der Waals surface area contributed by atoms with E-state index in [4.69, 9.17) is 4.74 Å². The molecular weight excluding hydrogens is 273 g/mol. The van der Waals surface area contributed by atoms with Crippen LogP contribution in [0.2, 0.25) is 0 Å². The molecule has 2 aromatic heterocycles. The molecule has 6 nitrogen and oxygen atoms in total. The lowest BCUT2D eigenvalue weighted by Gasteiger charge is -2.03. The first-order valence-electron chi connectivity index (χ1n) is 6.35. The molecule has 7 heteroatoms. The van der Waals surface area contributed by atoms with Crippen molar-refractivity contribution in [3.8, 4) is 17.0 Å². The number of rotatable bonds is 3. The van der Waals surface area contributed by atoms with Crippen LogP contribution in [-0.4, -0.2) is 33.9 Å². The number of nitrogens with one attached hydrogen (secondary N) is 1. The quantitative estimate of drug-likeness (QED) is 0.800. The molecule has 0 aliphatic carbocycles. The van der Waals surface area contributed by atoms with Crippen LogP contribution >= 0.6 is 0 Å². The molecule has 0 amide bonds. The summed E-state index contributed by atoms with van der Waals surface area (Å²) in [6.45, 7) is 0. The van der Waals surface area contributed by atoms with Gasteiger partial charge in [-0.05, 0) is 18.2 Å². The standard InChI is InChI=1S/C14H14FN5O/c1-16-14-17-7-9-12(19-20(2)13(9)18-14)8-4-5-11(21-3)10(15)6-8/h4-7H,1-3H3,(H,16,17,18). The minimum atomic E-state index is -0.429. The topological polar surface area (TPSA) is 64.9 Å². The number of aryl methyl sites for hydroxylation is 1. The lowest BCUT2D eigenvalue weighted by molar-refractivity contribution is 0.386. The molecule has 108 valence electrons. The minimum absolute atomic E-state index is 0.202. The summed E-state index contributed by atoms with van der Waals surface area (Å²) in [6.07, 6.45) is 1.68. The van der Waals surface area contributed by atoms with Gasteiger partial charge in [-0.1, -0.05) is 0 Å². The van der Waals surface area contributed by atoms with Crippen LogP contribution in [0.5, 0.6) is 5.75 Å². The molecule has 3 rings (SSSR count). The Morgan fingerprint density at radius 3 is 2.81 bits per heavy atom. The van der Waals surface area contributed by atoms with Crippen LogP contribution in [0.3, 0.4) is 0 Å². The Labute approximate surface area is 120 Å². The van der Waals surface area contributed by atoms with E-state index in [0.29, 0.717) is 22.9 Å². The van der Waals surface area contributed by atoms with Gasteiger partial charge >= 0.3 is 0 Å². The predicted octanol–water partition coefficient (Wildman–Crippen LogP) is 2.22. The number of ether oxygens (including phenoxy) is 1. The fourth-order valence-electron chi connectivity index (χ4n) is 2.19. The third-order valence-electron chi connectivity index (χ3n) is 3.23. The van der Waals surface area contributed by atoms with Crippen molar-refractivity contribution < 1.29 is 9.13 Å².